The molecule has 0 radical (unpaired) electrons. The van der Waals surface area contributed by atoms with Gasteiger partial charge in [-0.15, -0.1) is 13.2 Å². The minimum atomic E-state index is -4.77. The number of carboxylic acid groups (broad SMARTS) is 1. The van der Waals surface area contributed by atoms with Gasteiger partial charge in [0.25, 0.3) is 5.91 Å². The van der Waals surface area contributed by atoms with E-state index in [2.05, 4.69) is 10.1 Å². The Kier molecular flexibility index (Phi) is 8.69. The third kappa shape index (κ3) is 8.78. The van der Waals surface area contributed by atoms with Crippen molar-refractivity contribution in [2.24, 2.45) is 0 Å². The summed E-state index contributed by atoms with van der Waals surface area (Å²) in [5, 5.41) is 11.8. The number of hydrogen-bond donors (Lipinski definition) is 2. The fraction of sp³-hybridized carbons (Fsp3) is 0.333. The summed E-state index contributed by atoms with van der Waals surface area (Å²) in [6.07, 6.45) is -1.54. The third-order valence-corrected chi connectivity index (χ3v) is 4.35. The number of halogens is 3. The Balaban J connectivity index is 2.18. The first-order chi connectivity index (χ1) is 15.8. The Morgan fingerprint density at radius 1 is 1.06 bits per heavy atom. The van der Waals surface area contributed by atoms with E-state index in [1.165, 1.54) is 43.5 Å². The summed E-state index contributed by atoms with van der Waals surface area (Å²) in [5.41, 5.74) is 0.699. The van der Waals surface area contributed by atoms with Crippen LogP contribution in [0.3, 0.4) is 0 Å². The predicted molar refractivity (Wildman–Crippen MR) is 120 cm³/mol. The lowest BCUT2D eigenvalue weighted by Crippen LogP contribution is -2.45. The summed E-state index contributed by atoms with van der Waals surface area (Å²) in [7, 11) is 1.44. The van der Waals surface area contributed by atoms with Crippen LogP contribution in [0.1, 0.15) is 42.3 Å². The number of carbonyl (C=O) groups excluding carboxylic acids is 1. The minimum Gasteiger partial charge on any atom is -0.496 e. The van der Waals surface area contributed by atoms with Crippen LogP contribution in [-0.2, 0) is 9.53 Å². The Hall–Kier alpha value is -3.53. The highest BCUT2D eigenvalue weighted by atomic mass is 19.4. The smallest absolute Gasteiger partial charge is 0.496 e. The number of carbonyl (C=O) groups is 2. The van der Waals surface area contributed by atoms with Gasteiger partial charge < -0.3 is 24.6 Å². The van der Waals surface area contributed by atoms with Crippen molar-refractivity contribution in [1.82, 2.24) is 5.32 Å². The highest BCUT2D eigenvalue weighted by Crippen LogP contribution is 2.25. The second kappa shape index (κ2) is 11.1. The van der Waals surface area contributed by atoms with Gasteiger partial charge in [-0.3, -0.25) is 4.79 Å². The van der Waals surface area contributed by atoms with Crippen LogP contribution in [0.2, 0.25) is 0 Å². The number of amides is 1. The highest BCUT2D eigenvalue weighted by Gasteiger charge is 2.31. The van der Waals surface area contributed by atoms with Gasteiger partial charge in [-0.1, -0.05) is 24.3 Å². The summed E-state index contributed by atoms with van der Waals surface area (Å²) >= 11 is 0. The van der Waals surface area contributed by atoms with E-state index >= 15 is 0 Å². The second-order valence-electron chi connectivity index (χ2n) is 8.19. The van der Waals surface area contributed by atoms with Crippen molar-refractivity contribution in [2.75, 3.05) is 13.7 Å². The molecule has 1 atom stereocenters. The summed E-state index contributed by atoms with van der Waals surface area (Å²) in [5.74, 6) is -1.75. The van der Waals surface area contributed by atoms with E-state index in [1.54, 1.807) is 39.0 Å². The number of hydrogen-bond acceptors (Lipinski definition) is 5. The largest absolute Gasteiger partial charge is 0.573 e. The summed E-state index contributed by atoms with van der Waals surface area (Å²) in [6, 6.07) is 8.54. The van der Waals surface area contributed by atoms with Crippen LogP contribution >= 0.6 is 0 Å². The number of aliphatic carboxylic acids is 1. The molecule has 0 aliphatic heterocycles. The zero-order chi connectivity index (χ0) is 25.5. The van der Waals surface area contributed by atoms with Crippen molar-refractivity contribution in [3.05, 3.63) is 59.2 Å². The average Bonchev–Trinajstić information content (AvgIpc) is 2.73. The molecule has 0 saturated carbocycles. The first kappa shape index (κ1) is 26.7. The lowest BCUT2D eigenvalue weighted by atomic mass is 10.1. The maximum Gasteiger partial charge on any atom is 0.573 e. The van der Waals surface area contributed by atoms with E-state index in [0.29, 0.717) is 16.9 Å². The Labute approximate surface area is 195 Å². The molecule has 0 aliphatic rings. The van der Waals surface area contributed by atoms with E-state index in [0.717, 1.165) is 0 Å². The molecule has 1 amide bonds. The van der Waals surface area contributed by atoms with Gasteiger partial charge in [-0.25, -0.2) is 4.79 Å². The van der Waals surface area contributed by atoms with Gasteiger partial charge in [0.1, 0.15) is 11.5 Å². The van der Waals surface area contributed by atoms with Crippen molar-refractivity contribution in [3.8, 4) is 11.5 Å². The van der Waals surface area contributed by atoms with Crippen LogP contribution in [0.4, 0.5) is 13.2 Å². The number of nitrogens with one attached hydrogen (secondary N) is 1. The number of carboxylic acids is 1. The van der Waals surface area contributed by atoms with Gasteiger partial charge in [-0.2, -0.15) is 0 Å². The molecule has 10 heteroatoms. The van der Waals surface area contributed by atoms with E-state index in [9.17, 15) is 27.9 Å². The topological polar surface area (TPSA) is 94.1 Å². The average molecular weight is 481 g/mol. The Bertz CT molecular complexity index is 1030. The third-order valence-electron chi connectivity index (χ3n) is 4.35. The molecule has 0 bridgehead atoms. The van der Waals surface area contributed by atoms with Crippen molar-refractivity contribution in [1.29, 1.82) is 0 Å². The summed E-state index contributed by atoms with van der Waals surface area (Å²) in [4.78, 5) is 24.2. The second-order valence-corrected chi connectivity index (χ2v) is 8.19. The van der Waals surface area contributed by atoms with Crippen LogP contribution in [0.5, 0.6) is 11.5 Å². The fourth-order valence-electron chi connectivity index (χ4n) is 2.72. The van der Waals surface area contributed by atoms with Crippen LogP contribution < -0.4 is 14.8 Å². The van der Waals surface area contributed by atoms with E-state index < -0.39 is 29.9 Å². The molecule has 0 saturated heterocycles. The monoisotopic (exact) mass is 481 g/mol. The molecule has 0 aliphatic carbocycles. The molecule has 2 N–H and O–H groups in total. The molecule has 2 rings (SSSR count). The minimum absolute atomic E-state index is 0.191. The first-order valence-electron chi connectivity index (χ1n) is 10.2. The molecule has 2 aromatic rings. The molecule has 0 spiro atoms. The molecule has 0 fully saturated rings. The van der Waals surface area contributed by atoms with Crippen molar-refractivity contribution < 1.29 is 42.1 Å². The van der Waals surface area contributed by atoms with Crippen molar-refractivity contribution in [2.45, 2.75) is 38.8 Å². The first-order valence-corrected chi connectivity index (χ1v) is 10.2. The SMILES string of the molecule is COc1ccc(C(=O)NC(COC(C)(C)C)C(=O)O)cc1C=Cc1ccc(OC(F)(F)F)cc1. The van der Waals surface area contributed by atoms with Gasteiger partial charge in [0.2, 0.25) is 0 Å². The molecule has 1 unspecified atom stereocenters. The number of alkyl halides is 3. The Morgan fingerprint density at radius 3 is 2.24 bits per heavy atom. The van der Waals surface area contributed by atoms with E-state index in [1.807, 2.05) is 0 Å². The van der Waals surface area contributed by atoms with Crippen LogP contribution in [0.15, 0.2) is 42.5 Å². The lowest BCUT2D eigenvalue weighted by Gasteiger charge is -2.23. The molecule has 0 aromatic heterocycles. The Morgan fingerprint density at radius 2 is 1.71 bits per heavy atom. The van der Waals surface area contributed by atoms with Gasteiger partial charge in [-0.05, 0) is 56.7 Å². The standard InChI is InChI=1S/C24H26F3NO6/c1-23(2,3)33-14-19(22(30)31)28-21(29)17-9-12-20(32-4)16(13-17)8-5-15-6-10-18(11-7-15)34-24(25,26)27/h5-13,19H,14H2,1-4H3,(H,28,29)(H,30,31). The van der Waals surface area contributed by atoms with Crippen molar-refractivity contribution in [3.63, 3.8) is 0 Å². The molecular weight excluding hydrogens is 455 g/mol. The number of ether oxygens (including phenoxy) is 3. The molecule has 34 heavy (non-hydrogen) atoms. The zero-order valence-corrected chi connectivity index (χ0v) is 19.1. The maximum atomic E-state index is 12.7. The highest BCUT2D eigenvalue weighted by molar-refractivity contribution is 5.97. The molecule has 184 valence electrons. The molecule has 0 heterocycles. The molecule has 7 nitrogen and oxygen atoms in total. The van der Waals surface area contributed by atoms with Gasteiger partial charge >= 0.3 is 12.3 Å². The maximum absolute atomic E-state index is 12.7. The number of benzene rings is 2. The number of methoxy groups -OCH3 is 1. The summed E-state index contributed by atoms with van der Waals surface area (Å²) < 4.78 is 51.5. The van der Waals surface area contributed by atoms with Crippen LogP contribution in [0, 0.1) is 0 Å². The van der Waals surface area contributed by atoms with E-state index in [4.69, 9.17) is 9.47 Å². The van der Waals surface area contributed by atoms with Gasteiger partial charge in [0.15, 0.2) is 6.04 Å². The van der Waals surface area contributed by atoms with E-state index in [-0.39, 0.29) is 17.9 Å². The van der Waals surface area contributed by atoms with Crippen LogP contribution in [-0.4, -0.2) is 48.7 Å². The van der Waals surface area contributed by atoms with Crippen LogP contribution in [0.25, 0.3) is 12.2 Å². The normalized spacial score (nSPS) is 12.9. The summed E-state index contributed by atoms with van der Waals surface area (Å²) in [6.45, 7) is 5.10. The lowest BCUT2D eigenvalue weighted by molar-refractivity contribution is -0.274. The number of rotatable bonds is 9. The molecule has 2 aromatic carbocycles. The van der Waals surface area contributed by atoms with Gasteiger partial charge in [0.05, 0.1) is 19.3 Å². The fourth-order valence-corrected chi connectivity index (χ4v) is 2.72. The zero-order valence-electron chi connectivity index (χ0n) is 19.1. The quantitative estimate of drug-likeness (QED) is 0.502. The predicted octanol–water partition coefficient (Wildman–Crippen LogP) is 4.76. The van der Waals surface area contributed by atoms with Gasteiger partial charge in [0, 0.05) is 11.1 Å². The van der Waals surface area contributed by atoms with Crippen molar-refractivity contribution >= 4 is 24.0 Å². The molecular formula is C24H26F3NO6.